The van der Waals surface area contributed by atoms with Crippen molar-refractivity contribution in [3.63, 3.8) is 0 Å². The van der Waals surface area contributed by atoms with Crippen molar-refractivity contribution >= 4 is 28.1 Å². The van der Waals surface area contributed by atoms with Crippen LogP contribution in [-0.2, 0) is 6.42 Å². The molecule has 0 amide bonds. The Morgan fingerprint density at radius 3 is 2.56 bits per heavy atom. The average molecular weight is 262 g/mol. The van der Waals surface area contributed by atoms with Crippen LogP contribution in [0.2, 0.25) is 0 Å². The van der Waals surface area contributed by atoms with E-state index in [9.17, 15) is 4.79 Å². The second-order valence-corrected chi connectivity index (χ2v) is 5.09. The highest BCUT2D eigenvalue weighted by atomic mass is 32.1. The maximum atomic E-state index is 10.7. The first-order chi connectivity index (χ1) is 8.60. The van der Waals surface area contributed by atoms with E-state index in [2.05, 4.69) is 24.1 Å². The fraction of sp³-hybridized carbons (Fsp3) is 0.231. The Bertz CT molecular complexity index is 561. The molecule has 0 saturated heterocycles. The number of anilines is 2. The molecule has 0 aliphatic rings. The monoisotopic (exact) mass is 262 g/mol. The van der Waals surface area contributed by atoms with E-state index < -0.39 is 5.97 Å². The Morgan fingerprint density at radius 1 is 1.39 bits per heavy atom. The smallest absolute Gasteiger partial charge is 0.335 e. The zero-order valence-electron chi connectivity index (χ0n) is 10.2. The molecule has 4 nitrogen and oxygen atoms in total. The van der Waals surface area contributed by atoms with Gasteiger partial charge in [-0.1, -0.05) is 6.92 Å². The highest BCUT2D eigenvalue weighted by molar-refractivity contribution is 7.15. The Kier molecular flexibility index (Phi) is 3.62. The minimum absolute atomic E-state index is 0.283. The quantitative estimate of drug-likeness (QED) is 0.885. The third kappa shape index (κ3) is 2.68. The number of aromatic nitrogens is 1. The van der Waals surface area contributed by atoms with E-state index in [1.807, 2.05) is 0 Å². The second kappa shape index (κ2) is 5.18. The van der Waals surface area contributed by atoms with E-state index in [0.29, 0.717) is 0 Å². The number of aryl methyl sites for hydroxylation is 2. The first-order valence-corrected chi connectivity index (χ1v) is 6.48. The van der Waals surface area contributed by atoms with Crippen LogP contribution in [0.1, 0.15) is 27.9 Å². The van der Waals surface area contributed by atoms with Crippen LogP contribution < -0.4 is 5.32 Å². The molecular weight excluding hydrogens is 248 g/mol. The molecule has 94 valence electrons. The van der Waals surface area contributed by atoms with Crippen LogP contribution in [0.15, 0.2) is 24.3 Å². The summed E-state index contributed by atoms with van der Waals surface area (Å²) in [6.07, 6.45) is 0.919. The van der Waals surface area contributed by atoms with Crippen molar-refractivity contribution in [1.82, 2.24) is 4.98 Å². The minimum atomic E-state index is -0.917. The highest BCUT2D eigenvalue weighted by Gasteiger charge is 2.06. The molecule has 0 saturated carbocycles. The summed E-state index contributed by atoms with van der Waals surface area (Å²) in [4.78, 5) is 16.4. The number of aromatic carboxylic acids is 1. The van der Waals surface area contributed by atoms with Crippen molar-refractivity contribution in [2.24, 2.45) is 0 Å². The van der Waals surface area contributed by atoms with Crippen LogP contribution in [0.5, 0.6) is 0 Å². The lowest BCUT2D eigenvalue weighted by Crippen LogP contribution is -1.96. The Labute approximate surface area is 109 Å². The van der Waals surface area contributed by atoms with Crippen LogP contribution in [0.4, 0.5) is 10.8 Å². The lowest BCUT2D eigenvalue weighted by molar-refractivity contribution is 0.0697. The van der Waals surface area contributed by atoms with Gasteiger partial charge in [0.15, 0.2) is 5.13 Å². The number of hydrogen-bond donors (Lipinski definition) is 2. The summed E-state index contributed by atoms with van der Waals surface area (Å²) in [6.45, 7) is 4.13. The van der Waals surface area contributed by atoms with Gasteiger partial charge in [-0.05, 0) is 37.6 Å². The average Bonchev–Trinajstić information content (AvgIpc) is 2.70. The maximum Gasteiger partial charge on any atom is 0.335 e. The van der Waals surface area contributed by atoms with Gasteiger partial charge < -0.3 is 10.4 Å². The van der Waals surface area contributed by atoms with E-state index >= 15 is 0 Å². The predicted octanol–water partition coefficient (Wildman–Crippen LogP) is 3.46. The van der Waals surface area contributed by atoms with Gasteiger partial charge in [0.1, 0.15) is 0 Å². The van der Waals surface area contributed by atoms with Gasteiger partial charge in [-0.15, -0.1) is 11.3 Å². The van der Waals surface area contributed by atoms with E-state index in [1.54, 1.807) is 35.6 Å². The van der Waals surface area contributed by atoms with Crippen molar-refractivity contribution in [2.75, 3.05) is 5.32 Å². The standard InChI is InChI=1S/C13H14N2O2S/c1-3-11-8(2)18-13(15-11)14-10-6-4-9(5-7-10)12(16)17/h4-7H,3H2,1-2H3,(H,14,15)(H,16,17). The largest absolute Gasteiger partial charge is 0.478 e. The van der Waals surface area contributed by atoms with Gasteiger partial charge in [0, 0.05) is 10.6 Å². The molecule has 1 aromatic carbocycles. The molecule has 0 aliphatic carbocycles. The number of carbonyl (C=O) groups is 1. The van der Waals surface area contributed by atoms with Gasteiger partial charge in [-0.2, -0.15) is 0 Å². The summed E-state index contributed by atoms with van der Waals surface area (Å²) >= 11 is 1.61. The normalized spacial score (nSPS) is 10.3. The maximum absolute atomic E-state index is 10.7. The summed E-state index contributed by atoms with van der Waals surface area (Å²) < 4.78 is 0. The van der Waals surface area contributed by atoms with Crippen molar-refractivity contribution in [1.29, 1.82) is 0 Å². The molecule has 5 heteroatoms. The summed E-state index contributed by atoms with van der Waals surface area (Å²) in [5.41, 5.74) is 2.23. The van der Waals surface area contributed by atoms with E-state index in [0.717, 1.165) is 22.9 Å². The summed E-state index contributed by atoms with van der Waals surface area (Å²) in [5.74, 6) is -0.917. The number of carboxylic acids is 1. The molecule has 0 aliphatic heterocycles. The predicted molar refractivity (Wildman–Crippen MR) is 72.9 cm³/mol. The number of nitrogens with one attached hydrogen (secondary N) is 1. The Morgan fingerprint density at radius 2 is 2.06 bits per heavy atom. The highest BCUT2D eigenvalue weighted by Crippen LogP contribution is 2.25. The second-order valence-electron chi connectivity index (χ2n) is 3.88. The summed E-state index contributed by atoms with van der Waals surface area (Å²) in [6, 6.07) is 6.63. The zero-order chi connectivity index (χ0) is 13.1. The van der Waals surface area contributed by atoms with Crippen LogP contribution in [0.25, 0.3) is 0 Å². The van der Waals surface area contributed by atoms with Gasteiger partial charge in [-0.3, -0.25) is 0 Å². The van der Waals surface area contributed by atoms with E-state index in [-0.39, 0.29) is 5.56 Å². The number of hydrogen-bond acceptors (Lipinski definition) is 4. The van der Waals surface area contributed by atoms with Crippen molar-refractivity contribution in [3.05, 3.63) is 40.4 Å². The first kappa shape index (κ1) is 12.6. The van der Waals surface area contributed by atoms with Crippen LogP contribution in [-0.4, -0.2) is 16.1 Å². The molecule has 0 bridgehead atoms. The van der Waals surface area contributed by atoms with Crippen LogP contribution in [0.3, 0.4) is 0 Å². The topological polar surface area (TPSA) is 62.2 Å². The Hall–Kier alpha value is -1.88. The molecule has 1 heterocycles. The summed E-state index contributed by atoms with van der Waals surface area (Å²) in [5, 5.41) is 12.8. The molecule has 0 atom stereocenters. The first-order valence-electron chi connectivity index (χ1n) is 5.67. The third-order valence-electron chi connectivity index (χ3n) is 2.61. The molecule has 0 radical (unpaired) electrons. The van der Waals surface area contributed by atoms with Gasteiger partial charge >= 0.3 is 5.97 Å². The van der Waals surface area contributed by atoms with Crippen molar-refractivity contribution in [3.8, 4) is 0 Å². The van der Waals surface area contributed by atoms with Crippen molar-refractivity contribution in [2.45, 2.75) is 20.3 Å². The molecular formula is C13H14N2O2S. The zero-order valence-corrected chi connectivity index (χ0v) is 11.0. The molecule has 0 spiro atoms. The number of thiazole rings is 1. The van der Waals surface area contributed by atoms with E-state index in [4.69, 9.17) is 5.11 Å². The molecule has 1 aromatic heterocycles. The summed E-state index contributed by atoms with van der Waals surface area (Å²) in [7, 11) is 0. The number of benzene rings is 1. The SMILES string of the molecule is CCc1nc(Nc2ccc(C(=O)O)cc2)sc1C. The van der Waals surface area contributed by atoms with Gasteiger partial charge in [-0.25, -0.2) is 9.78 Å². The lowest BCUT2D eigenvalue weighted by Gasteiger charge is -2.02. The third-order valence-corrected chi connectivity index (χ3v) is 3.54. The molecule has 18 heavy (non-hydrogen) atoms. The number of carboxylic acid groups (broad SMARTS) is 1. The van der Waals surface area contributed by atoms with Crippen LogP contribution in [0, 0.1) is 6.92 Å². The lowest BCUT2D eigenvalue weighted by atomic mass is 10.2. The van der Waals surface area contributed by atoms with Gasteiger partial charge in [0.25, 0.3) is 0 Å². The molecule has 2 aromatic rings. The van der Waals surface area contributed by atoms with Gasteiger partial charge in [0.2, 0.25) is 0 Å². The van der Waals surface area contributed by atoms with Crippen molar-refractivity contribution < 1.29 is 9.90 Å². The van der Waals surface area contributed by atoms with E-state index in [1.165, 1.54) is 4.88 Å². The van der Waals surface area contributed by atoms with Crippen LogP contribution >= 0.6 is 11.3 Å². The molecule has 2 rings (SSSR count). The molecule has 0 fully saturated rings. The fourth-order valence-corrected chi connectivity index (χ4v) is 2.55. The number of rotatable bonds is 4. The number of nitrogens with zero attached hydrogens (tertiary/aromatic N) is 1. The van der Waals surface area contributed by atoms with Gasteiger partial charge in [0.05, 0.1) is 11.3 Å². The fourth-order valence-electron chi connectivity index (χ4n) is 1.63. The molecule has 0 unspecified atom stereocenters. The Balaban J connectivity index is 2.15. The minimum Gasteiger partial charge on any atom is -0.478 e. The molecule has 2 N–H and O–H groups in total.